The number of ketones is 1. The highest BCUT2D eigenvalue weighted by molar-refractivity contribution is 7.09. The fraction of sp³-hybridized carbons (Fsp3) is 0.500. The quantitative estimate of drug-likeness (QED) is 0.784. The average Bonchev–Trinajstić information content (AvgIpc) is 2.58. The van der Waals surface area contributed by atoms with E-state index in [1.165, 1.54) is 19.3 Å². The van der Waals surface area contributed by atoms with Gasteiger partial charge >= 0.3 is 0 Å². The van der Waals surface area contributed by atoms with Gasteiger partial charge in [-0.05, 0) is 31.3 Å². The molecule has 1 aromatic rings. The van der Waals surface area contributed by atoms with Crippen LogP contribution in [0.2, 0.25) is 0 Å². The molecule has 80 valence electrons. The molecule has 1 aliphatic rings. The summed E-state index contributed by atoms with van der Waals surface area (Å²) in [7, 11) is 0. The molecular weight excluding hydrogens is 206 g/mol. The third kappa shape index (κ3) is 2.99. The Kier molecular flexibility index (Phi) is 3.67. The monoisotopic (exact) mass is 221 g/mol. The molecule has 15 heavy (non-hydrogen) atoms. The maximum atomic E-state index is 11.9. The van der Waals surface area contributed by atoms with E-state index in [4.69, 9.17) is 0 Å². The third-order valence-corrected chi connectivity index (χ3v) is 3.50. The van der Waals surface area contributed by atoms with Crippen LogP contribution in [0.4, 0.5) is 0 Å². The highest BCUT2D eigenvalue weighted by Crippen LogP contribution is 2.19. The SMILES string of the molecule is O=C(Cc1cncs1)C1=CCCCCC1. The van der Waals surface area contributed by atoms with Crippen LogP contribution in [0.25, 0.3) is 0 Å². The van der Waals surface area contributed by atoms with Crippen LogP contribution < -0.4 is 0 Å². The Morgan fingerprint density at radius 2 is 2.33 bits per heavy atom. The summed E-state index contributed by atoms with van der Waals surface area (Å²) in [4.78, 5) is 17.0. The second kappa shape index (κ2) is 5.21. The first-order valence-electron chi connectivity index (χ1n) is 5.46. The normalized spacial score (nSPS) is 16.9. The first kappa shape index (κ1) is 10.6. The van der Waals surface area contributed by atoms with E-state index >= 15 is 0 Å². The average molecular weight is 221 g/mol. The Morgan fingerprint density at radius 1 is 1.40 bits per heavy atom. The molecule has 1 heterocycles. The van der Waals surface area contributed by atoms with Gasteiger partial charge in [-0.15, -0.1) is 11.3 Å². The molecule has 1 aliphatic carbocycles. The first-order chi connectivity index (χ1) is 7.36. The zero-order chi connectivity index (χ0) is 10.5. The van der Waals surface area contributed by atoms with Crippen molar-refractivity contribution in [1.29, 1.82) is 0 Å². The lowest BCUT2D eigenvalue weighted by Crippen LogP contribution is -2.05. The molecule has 2 rings (SSSR count). The fourth-order valence-corrected chi connectivity index (χ4v) is 2.46. The molecule has 0 fully saturated rings. The van der Waals surface area contributed by atoms with E-state index in [0.29, 0.717) is 12.2 Å². The van der Waals surface area contributed by atoms with Crippen LogP contribution >= 0.6 is 11.3 Å². The number of carbonyl (C=O) groups excluding carboxylic acids is 1. The van der Waals surface area contributed by atoms with Crippen molar-refractivity contribution < 1.29 is 4.79 Å². The van der Waals surface area contributed by atoms with Crippen molar-refractivity contribution in [3.63, 3.8) is 0 Å². The van der Waals surface area contributed by atoms with Crippen molar-refractivity contribution >= 4 is 17.1 Å². The predicted molar refractivity (Wildman–Crippen MR) is 62.0 cm³/mol. The number of carbonyl (C=O) groups is 1. The number of allylic oxidation sites excluding steroid dienone is 2. The van der Waals surface area contributed by atoms with Crippen molar-refractivity contribution in [2.75, 3.05) is 0 Å². The van der Waals surface area contributed by atoms with Crippen LogP contribution in [0.3, 0.4) is 0 Å². The van der Waals surface area contributed by atoms with Crippen molar-refractivity contribution in [3.8, 4) is 0 Å². The Morgan fingerprint density at radius 3 is 3.13 bits per heavy atom. The molecule has 3 heteroatoms. The van der Waals surface area contributed by atoms with Crippen molar-refractivity contribution in [2.45, 2.75) is 38.5 Å². The van der Waals surface area contributed by atoms with Gasteiger partial charge in [0.2, 0.25) is 0 Å². The molecule has 0 unspecified atom stereocenters. The summed E-state index contributed by atoms with van der Waals surface area (Å²) >= 11 is 1.56. The Labute approximate surface area is 94.0 Å². The van der Waals surface area contributed by atoms with E-state index in [-0.39, 0.29) is 0 Å². The Balaban J connectivity index is 1.98. The Hall–Kier alpha value is -0.960. The van der Waals surface area contributed by atoms with Crippen LogP contribution in [0.15, 0.2) is 23.4 Å². The van der Waals surface area contributed by atoms with E-state index in [9.17, 15) is 4.79 Å². The number of thiazole rings is 1. The van der Waals surface area contributed by atoms with Gasteiger partial charge in [0, 0.05) is 17.5 Å². The molecule has 0 saturated carbocycles. The van der Waals surface area contributed by atoms with Crippen LogP contribution in [0, 0.1) is 0 Å². The van der Waals surface area contributed by atoms with Gasteiger partial charge in [-0.1, -0.05) is 12.5 Å². The fourth-order valence-electron chi connectivity index (χ4n) is 1.87. The van der Waals surface area contributed by atoms with Gasteiger partial charge in [-0.2, -0.15) is 0 Å². The van der Waals surface area contributed by atoms with Gasteiger partial charge in [0.15, 0.2) is 5.78 Å². The molecule has 0 aromatic carbocycles. The maximum Gasteiger partial charge on any atom is 0.163 e. The molecule has 0 atom stereocenters. The summed E-state index contributed by atoms with van der Waals surface area (Å²) in [5.74, 6) is 0.293. The number of Topliss-reactive ketones (excluding diaryl/α,β-unsaturated/α-hetero) is 1. The number of hydrogen-bond donors (Lipinski definition) is 0. The molecule has 0 amide bonds. The lowest BCUT2D eigenvalue weighted by molar-refractivity contribution is -0.115. The van der Waals surface area contributed by atoms with Crippen molar-refractivity contribution in [1.82, 2.24) is 4.98 Å². The number of hydrogen-bond acceptors (Lipinski definition) is 3. The summed E-state index contributed by atoms with van der Waals surface area (Å²) in [6.07, 6.45) is 10.2. The minimum atomic E-state index is 0.293. The first-order valence-corrected chi connectivity index (χ1v) is 6.34. The summed E-state index contributed by atoms with van der Waals surface area (Å²) in [6.45, 7) is 0. The van der Waals surface area contributed by atoms with Gasteiger partial charge in [0.1, 0.15) is 0 Å². The molecule has 2 nitrogen and oxygen atoms in total. The maximum absolute atomic E-state index is 11.9. The van der Waals surface area contributed by atoms with Gasteiger partial charge < -0.3 is 0 Å². The molecule has 0 bridgehead atoms. The second-order valence-electron chi connectivity index (χ2n) is 3.90. The number of aromatic nitrogens is 1. The summed E-state index contributed by atoms with van der Waals surface area (Å²) in [5.41, 5.74) is 2.82. The van der Waals surface area contributed by atoms with E-state index in [1.807, 2.05) is 0 Å². The topological polar surface area (TPSA) is 30.0 Å². The van der Waals surface area contributed by atoms with Gasteiger partial charge in [-0.3, -0.25) is 9.78 Å². The van der Waals surface area contributed by atoms with Crippen LogP contribution in [0.1, 0.15) is 37.0 Å². The molecule has 0 N–H and O–H groups in total. The van der Waals surface area contributed by atoms with Crippen LogP contribution in [-0.2, 0) is 11.2 Å². The molecule has 1 aromatic heterocycles. The standard InChI is InChI=1S/C12H15NOS/c14-12(7-11-8-13-9-15-11)10-5-3-1-2-4-6-10/h5,8-9H,1-4,6-7H2. The molecule has 0 saturated heterocycles. The molecule has 0 radical (unpaired) electrons. The van der Waals surface area contributed by atoms with Gasteiger partial charge in [-0.25, -0.2) is 0 Å². The third-order valence-electron chi connectivity index (χ3n) is 2.72. The lowest BCUT2D eigenvalue weighted by atomic mass is 10.0. The predicted octanol–water partition coefficient (Wildman–Crippen LogP) is 3.15. The molecule has 0 aliphatic heterocycles. The van der Waals surface area contributed by atoms with Crippen molar-refractivity contribution in [2.24, 2.45) is 0 Å². The highest BCUT2D eigenvalue weighted by Gasteiger charge is 2.12. The second-order valence-corrected chi connectivity index (χ2v) is 4.87. The highest BCUT2D eigenvalue weighted by atomic mass is 32.1. The van der Waals surface area contributed by atoms with E-state index in [1.54, 1.807) is 23.0 Å². The van der Waals surface area contributed by atoms with E-state index in [0.717, 1.165) is 23.3 Å². The van der Waals surface area contributed by atoms with Gasteiger partial charge in [0.25, 0.3) is 0 Å². The van der Waals surface area contributed by atoms with Crippen LogP contribution in [0.5, 0.6) is 0 Å². The zero-order valence-corrected chi connectivity index (χ0v) is 9.55. The minimum absolute atomic E-state index is 0.293. The summed E-state index contributed by atoms with van der Waals surface area (Å²) < 4.78 is 0. The van der Waals surface area contributed by atoms with Gasteiger partial charge in [0.05, 0.1) is 5.51 Å². The lowest BCUT2D eigenvalue weighted by Gasteiger charge is -2.02. The number of rotatable bonds is 3. The molecular formula is C12H15NOS. The minimum Gasteiger partial charge on any atom is -0.294 e. The summed E-state index contributed by atoms with van der Waals surface area (Å²) in [5, 5.41) is 0. The largest absolute Gasteiger partial charge is 0.294 e. The zero-order valence-electron chi connectivity index (χ0n) is 8.74. The summed E-state index contributed by atoms with van der Waals surface area (Å²) in [6, 6.07) is 0. The van der Waals surface area contributed by atoms with E-state index < -0.39 is 0 Å². The molecule has 0 spiro atoms. The Bertz CT molecular complexity index is 354. The smallest absolute Gasteiger partial charge is 0.163 e. The van der Waals surface area contributed by atoms with Crippen molar-refractivity contribution in [3.05, 3.63) is 28.2 Å². The van der Waals surface area contributed by atoms with E-state index in [2.05, 4.69) is 11.1 Å². The van der Waals surface area contributed by atoms with Crippen LogP contribution in [-0.4, -0.2) is 10.8 Å². The number of nitrogens with zero attached hydrogens (tertiary/aromatic N) is 1.